The molecule has 2 aromatic heterocycles. The monoisotopic (exact) mass is 339 g/mol. The van der Waals surface area contributed by atoms with Crippen LogP contribution in [-0.4, -0.2) is 29.6 Å². The molecule has 1 aliphatic rings. The van der Waals surface area contributed by atoms with Crippen molar-refractivity contribution in [3.05, 3.63) is 29.0 Å². The predicted molar refractivity (Wildman–Crippen MR) is 82.4 cm³/mol. The molecule has 0 bridgehead atoms. The van der Waals surface area contributed by atoms with Crippen molar-refractivity contribution in [1.82, 2.24) is 14.6 Å². The van der Waals surface area contributed by atoms with Crippen LogP contribution in [0.5, 0.6) is 0 Å². The van der Waals surface area contributed by atoms with Crippen LogP contribution in [0.4, 0.5) is 0 Å². The van der Waals surface area contributed by atoms with E-state index >= 15 is 0 Å². The van der Waals surface area contributed by atoms with Gasteiger partial charge in [0.1, 0.15) is 22.0 Å². The van der Waals surface area contributed by atoms with Crippen LogP contribution in [0.25, 0.3) is 0 Å². The first-order valence-corrected chi connectivity index (χ1v) is 9.17. The number of hydrogen-bond acceptors (Lipinski definition) is 6. The van der Waals surface area contributed by atoms with Gasteiger partial charge in [-0.15, -0.1) is 0 Å². The molecule has 3 heterocycles. The zero-order valence-corrected chi connectivity index (χ0v) is 14.6. The van der Waals surface area contributed by atoms with Crippen molar-refractivity contribution in [3.63, 3.8) is 0 Å². The average molecular weight is 339 g/mol. The first-order chi connectivity index (χ1) is 10.8. The van der Waals surface area contributed by atoms with E-state index in [1.165, 1.54) is 4.31 Å². The van der Waals surface area contributed by atoms with Crippen molar-refractivity contribution in [2.45, 2.75) is 57.4 Å². The maximum atomic E-state index is 13.0. The highest BCUT2D eigenvalue weighted by Crippen LogP contribution is 2.38. The van der Waals surface area contributed by atoms with Crippen molar-refractivity contribution in [2.24, 2.45) is 0 Å². The lowest BCUT2D eigenvalue weighted by Gasteiger charge is -2.22. The summed E-state index contributed by atoms with van der Waals surface area (Å²) in [6.07, 6.45) is 1.52. The molecule has 1 aliphatic heterocycles. The van der Waals surface area contributed by atoms with Crippen LogP contribution in [0.3, 0.4) is 0 Å². The number of aryl methyl sites for hydroxylation is 2. The van der Waals surface area contributed by atoms with Gasteiger partial charge in [0.05, 0.1) is 6.04 Å². The van der Waals surface area contributed by atoms with E-state index < -0.39 is 10.0 Å². The quantitative estimate of drug-likeness (QED) is 0.851. The lowest BCUT2D eigenvalue weighted by atomic mass is 10.1. The number of nitrogens with zero attached hydrogens (tertiary/aromatic N) is 3. The zero-order chi connectivity index (χ0) is 16.8. The minimum atomic E-state index is -3.67. The SMILES string of the molecule is Cc1noc(C)c1S(=O)(=O)N1CCC[C@H]1c1cc(C(C)C)on1. The second-order valence-electron chi connectivity index (χ2n) is 6.24. The summed E-state index contributed by atoms with van der Waals surface area (Å²) in [4.78, 5) is 0.164. The molecular formula is C15H21N3O4S. The Morgan fingerprint density at radius 1 is 1.26 bits per heavy atom. The second kappa shape index (κ2) is 5.76. The first-order valence-electron chi connectivity index (χ1n) is 7.73. The summed E-state index contributed by atoms with van der Waals surface area (Å²) in [7, 11) is -3.67. The Balaban J connectivity index is 1.98. The van der Waals surface area contributed by atoms with Crippen LogP contribution >= 0.6 is 0 Å². The predicted octanol–water partition coefficient (Wildman–Crippen LogP) is 2.93. The fourth-order valence-corrected chi connectivity index (χ4v) is 4.98. The van der Waals surface area contributed by atoms with Gasteiger partial charge in [-0.05, 0) is 26.7 Å². The fourth-order valence-electron chi connectivity index (χ4n) is 3.02. The number of hydrogen-bond donors (Lipinski definition) is 0. The third-order valence-electron chi connectivity index (χ3n) is 4.20. The van der Waals surface area contributed by atoms with Gasteiger partial charge >= 0.3 is 0 Å². The van der Waals surface area contributed by atoms with Crippen LogP contribution in [0, 0.1) is 13.8 Å². The highest BCUT2D eigenvalue weighted by atomic mass is 32.2. The van der Waals surface area contributed by atoms with Crippen LogP contribution in [0.15, 0.2) is 20.0 Å². The minimum absolute atomic E-state index is 0.164. The maximum absolute atomic E-state index is 13.0. The number of sulfonamides is 1. The average Bonchev–Trinajstić information content (AvgIpc) is 3.17. The molecule has 0 N–H and O–H groups in total. The summed E-state index contributed by atoms with van der Waals surface area (Å²) in [5, 5.41) is 7.85. The van der Waals surface area contributed by atoms with Crippen molar-refractivity contribution in [3.8, 4) is 0 Å². The van der Waals surface area contributed by atoms with E-state index in [-0.39, 0.29) is 16.9 Å². The van der Waals surface area contributed by atoms with Crippen LogP contribution < -0.4 is 0 Å². The molecule has 1 fully saturated rings. The number of rotatable bonds is 4. The van der Waals surface area contributed by atoms with Gasteiger partial charge in [-0.3, -0.25) is 0 Å². The molecule has 126 valence electrons. The van der Waals surface area contributed by atoms with Crippen molar-refractivity contribution < 1.29 is 17.5 Å². The summed E-state index contributed by atoms with van der Waals surface area (Å²) in [6, 6.07) is 1.56. The molecule has 0 unspecified atom stereocenters. The van der Waals surface area contributed by atoms with E-state index in [4.69, 9.17) is 9.05 Å². The lowest BCUT2D eigenvalue weighted by molar-refractivity contribution is 0.337. The van der Waals surface area contributed by atoms with Crippen LogP contribution in [-0.2, 0) is 10.0 Å². The molecule has 0 amide bonds. The minimum Gasteiger partial charge on any atom is -0.361 e. The summed E-state index contributed by atoms with van der Waals surface area (Å²) >= 11 is 0. The molecule has 0 radical (unpaired) electrons. The van der Waals surface area contributed by atoms with Gasteiger partial charge in [-0.2, -0.15) is 4.31 Å². The van der Waals surface area contributed by atoms with E-state index in [9.17, 15) is 8.42 Å². The fraction of sp³-hybridized carbons (Fsp3) is 0.600. The van der Waals surface area contributed by atoms with Gasteiger partial charge in [0.15, 0.2) is 5.76 Å². The number of aromatic nitrogens is 2. The summed E-state index contributed by atoms with van der Waals surface area (Å²) in [6.45, 7) is 7.74. The Morgan fingerprint density at radius 2 is 2.00 bits per heavy atom. The molecule has 2 aromatic rings. The molecule has 8 heteroatoms. The third-order valence-corrected chi connectivity index (χ3v) is 6.35. The van der Waals surface area contributed by atoms with E-state index in [0.29, 0.717) is 23.7 Å². The Hall–Kier alpha value is -1.67. The molecule has 0 aliphatic carbocycles. The van der Waals surface area contributed by atoms with Crippen molar-refractivity contribution in [2.75, 3.05) is 6.54 Å². The molecule has 1 atom stereocenters. The van der Waals surface area contributed by atoms with E-state index in [2.05, 4.69) is 10.3 Å². The first kappa shape index (κ1) is 16.2. The summed E-state index contributed by atoms with van der Waals surface area (Å²) < 4.78 is 37.9. The standard InChI is InChI=1S/C15H21N3O4S/c1-9(2)14-8-12(17-22-14)13-6-5-7-18(13)23(19,20)15-10(3)16-21-11(15)4/h8-9,13H,5-7H2,1-4H3/t13-/m0/s1. The van der Waals surface area contributed by atoms with Gasteiger partial charge in [0.25, 0.3) is 0 Å². The summed E-state index contributed by atoms with van der Waals surface area (Å²) in [5.74, 6) is 1.29. The molecule has 1 saturated heterocycles. The van der Waals surface area contributed by atoms with E-state index in [1.807, 2.05) is 19.9 Å². The van der Waals surface area contributed by atoms with Crippen molar-refractivity contribution >= 4 is 10.0 Å². The van der Waals surface area contributed by atoms with E-state index in [0.717, 1.165) is 18.6 Å². The highest BCUT2D eigenvalue weighted by Gasteiger charge is 2.40. The molecule has 0 aromatic carbocycles. The largest absolute Gasteiger partial charge is 0.361 e. The van der Waals surface area contributed by atoms with Gasteiger partial charge in [0.2, 0.25) is 10.0 Å². The van der Waals surface area contributed by atoms with Crippen LogP contribution in [0.1, 0.15) is 61.6 Å². The molecule has 0 spiro atoms. The van der Waals surface area contributed by atoms with E-state index in [1.54, 1.807) is 13.8 Å². The maximum Gasteiger partial charge on any atom is 0.249 e. The molecule has 7 nitrogen and oxygen atoms in total. The normalized spacial score (nSPS) is 19.8. The van der Waals surface area contributed by atoms with Gasteiger partial charge < -0.3 is 9.05 Å². The summed E-state index contributed by atoms with van der Waals surface area (Å²) in [5.41, 5.74) is 1.05. The van der Waals surface area contributed by atoms with Crippen LogP contribution in [0.2, 0.25) is 0 Å². The van der Waals surface area contributed by atoms with Gasteiger partial charge in [-0.25, -0.2) is 8.42 Å². The molecule has 23 heavy (non-hydrogen) atoms. The topological polar surface area (TPSA) is 89.4 Å². The molecule has 0 saturated carbocycles. The Kier molecular flexibility index (Phi) is 4.05. The Bertz CT molecular complexity index is 787. The zero-order valence-electron chi connectivity index (χ0n) is 13.7. The molecule has 3 rings (SSSR count). The van der Waals surface area contributed by atoms with Gasteiger partial charge in [-0.1, -0.05) is 24.2 Å². The highest BCUT2D eigenvalue weighted by molar-refractivity contribution is 7.89. The molecular weight excluding hydrogens is 318 g/mol. The van der Waals surface area contributed by atoms with Crippen molar-refractivity contribution in [1.29, 1.82) is 0 Å². The van der Waals surface area contributed by atoms with Gasteiger partial charge in [0, 0.05) is 18.5 Å². The lowest BCUT2D eigenvalue weighted by Crippen LogP contribution is -2.31. The second-order valence-corrected chi connectivity index (χ2v) is 8.06. The smallest absolute Gasteiger partial charge is 0.249 e. The Morgan fingerprint density at radius 3 is 2.57 bits per heavy atom. The third kappa shape index (κ3) is 2.70. The Labute approximate surface area is 135 Å².